The second-order valence-corrected chi connectivity index (χ2v) is 8.66. The maximum absolute atomic E-state index is 12.6. The van der Waals surface area contributed by atoms with Crippen molar-refractivity contribution in [2.45, 2.75) is 70.6 Å². The smallest absolute Gasteiger partial charge is 0.224 e. The number of nitrogens with zero attached hydrogens (tertiary/aromatic N) is 4. The van der Waals surface area contributed by atoms with E-state index in [4.69, 9.17) is 0 Å². The molecule has 2 amide bonds. The van der Waals surface area contributed by atoms with E-state index in [-0.39, 0.29) is 17.9 Å². The maximum Gasteiger partial charge on any atom is 0.224 e. The van der Waals surface area contributed by atoms with Gasteiger partial charge in [0.25, 0.3) is 0 Å². The molecule has 0 radical (unpaired) electrons. The number of β-amino-alcohol motifs (C(OH)–C–C–N with tert-alkyl or cyclic N) is 1. The summed E-state index contributed by atoms with van der Waals surface area (Å²) in [5.41, 5.74) is 0.319. The lowest BCUT2D eigenvalue weighted by Gasteiger charge is -2.38. The number of likely N-dealkylation sites (tertiary alicyclic amines) is 2. The number of piperidine rings is 1. The van der Waals surface area contributed by atoms with E-state index in [0.717, 1.165) is 44.5 Å². The Labute approximate surface area is 173 Å². The number of amides is 2. The number of aryl methyl sites for hydroxylation is 2. The second kappa shape index (κ2) is 9.71. The van der Waals surface area contributed by atoms with Crippen LogP contribution in [0.5, 0.6) is 0 Å². The van der Waals surface area contributed by atoms with Crippen LogP contribution in [0.2, 0.25) is 0 Å². The lowest BCUT2D eigenvalue weighted by molar-refractivity contribution is -0.131. The summed E-state index contributed by atoms with van der Waals surface area (Å²) in [6.45, 7) is 7.89. The van der Waals surface area contributed by atoms with Crippen molar-refractivity contribution < 1.29 is 14.7 Å². The first-order chi connectivity index (χ1) is 13.8. The standard InChI is InChI=1S/C21H35N5O3/c1-17-4-10-22-26(17)14-7-20(28)25-11-3-8-21(29,9-15-25)16-24-12-5-19(6-13-24)23-18(2)27/h4,10,19,29H,3,5-9,11-16H2,1-2H3,(H,23,27)/t21-/m0/s1. The summed E-state index contributed by atoms with van der Waals surface area (Å²) in [5, 5.41) is 18.4. The largest absolute Gasteiger partial charge is 0.388 e. The van der Waals surface area contributed by atoms with Crippen LogP contribution in [0.4, 0.5) is 0 Å². The summed E-state index contributed by atoms with van der Waals surface area (Å²) < 4.78 is 1.86. The van der Waals surface area contributed by atoms with Crippen LogP contribution in [0.25, 0.3) is 0 Å². The van der Waals surface area contributed by atoms with E-state index in [1.807, 2.05) is 22.6 Å². The van der Waals surface area contributed by atoms with Gasteiger partial charge in [-0.15, -0.1) is 0 Å². The molecule has 2 N–H and O–H groups in total. The summed E-state index contributed by atoms with van der Waals surface area (Å²) >= 11 is 0. The molecule has 1 aromatic heterocycles. The molecule has 2 fully saturated rings. The molecule has 2 saturated heterocycles. The van der Waals surface area contributed by atoms with Gasteiger partial charge in [-0.1, -0.05) is 0 Å². The van der Waals surface area contributed by atoms with Crippen molar-refractivity contribution in [3.8, 4) is 0 Å². The Balaban J connectivity index is 1.44. The quantitative estimate of drug-likeness (QED) is 0.735. The number of nitrogens with one attached hydrogen (secondary N) is 1. The van der Waals surface area contributed by atoms with Gasteiger partial charge in [0.1, 0.15) is 0 Å². The van der Waals surface area contributed by atoms with Crippen LogP contribution in [-0.2, 0) is 16.1 Å². The number of hydrogen-bond acceptors (Lipinski definition) is 5. The SMILES string of the molecule is CC(=O)NC1CCN(C[C@]2(O)CCCN(C(=O)CCn3nccc3C)CC2)CC1. The second-order valence-electron chi connectivity index (χ2n) is 8.66. The number of aliphatic hydroxyl groups is 1. The Bertz CT molecular complexity index is 698. The predicted octanol–water partition coefficient (Wildman–Crippen LogP) is 0.926. The Morgan fingerprint density at radius 3 is 2.66 bits per heavy atom. The first-order valence-corrected chi connectivity index (χ1v) is 10.8. The van der Waals surface area contributed by atoms with Gasteiger partial charge < -0.3 is 20.2 Å². The Morgan fingerprint density at radius 1 is 1.24 bits per heavy atom. The number of aromatic nitrogens is 2. The molecule has 8 heteroatoms. The summed E-state index contributed by atoms with van der Waals surface area (Å²) in [7, 11) is 0. The molecule has 0 aromatic carbocycles. The van der Waals surface area contributed by atoms with Gasteiger partial charge in [0, 0.05) is 70.5 Å². The van der Waals surface area contributed by atoms with Crippen LogP contribution >= 0.6 is 0 Å². The van der Waals surface area contributed by atoms with E-state index in [1.165, 1.54) is 0 Å². The third-order valence-electron chi connectivity index (χ3n) is 6.25. The summed E-state index contributed by atoms with van der Waals surface area (Å²) in [6, 6.07) is 2.19. The number of hydrogen-bond donors (Lipinski definition) is 2. The van der Waals surface area contributed by atoms with E-state index >= 15 is 0 Å². The highest BCUT2D eigenvalue weighted by Gasteiger charge is 2.34. The number of rotatable bonds is 6. The van der Waals surface area contributed by atoms with Crippen molar-refractivity contribution in [1.29, 1.82) is 0 Å². The van der Waals surface area contributed by atoms with E-state index in [0.29, 0.717) is 39.0 Å². The van der Waals surface area contributed by atoms with Crippen molar-refractivity contribution in [2.24, 2.45) is 0 Å². The molecule has 0 saturated carbocycles. The highest BCUT2D eigenvalue weighted by atomic mass is 16.3. The fourth-order valence-electron chi connectivity index (χ4n) is 4.52. The van der Waals surface area contributed by atoms with Gasteiger partial charge in [-0.3, -0.25) is 14.3 Å². The Morgan fingerprint density at radius 2 is 2.00 bits per heavy atom. The highest BCUT2D eigenvalue weighted by molar-refractivity contribution is 5.76. The molecule has 8 nitrogen and oxygen atoms in total. The minimum Gasteiger partial charge on any atom is -0.388 e. The van der Waals surface area contributed by atoms with E-state index in [2.05, 4.69) is 15.3 Å². The van der Waals surface area contributed by atoms with Crippen molar-refractivity contribution in [3.63, 3.8) is 0 Å². The zero-order valence-electron chi connectivity index (χ0n) is 17.8. The highest BCUT2D eigenvalue weighted by Crippen LogP contribution is 2.25. The molecular weight excluding hydrogens is 370 g/mol. The molecule has 1 atom stereocenters. The minimum atomic E-state index is -0.742. The normalized spacial score (nSPS) is 24.3. The Kier molecular flexibility index (Phi) is 7.29. The van der Waals surface area contributed by atoms with Crippen LogP contribution in [0.15, 0.2) is 12.3 Å². The first kappa shape index (κ1) is 21.8. The summed E-state index contributed by atoms with van der Waals surface area (Å²) in [6.07, 6.45) is 6.21. The summed E-state index contributed by atoms with van der Waals surface area (Å²) in [4.78, 5) is 28.1. The van der Waals surface area contributed by atoms with Gasteiger partial charge in [-0.2, -0.15) is 5.10 Å². The third-order valence-corrected chi connectivity index (χ3v) is 6.25. The average Bonchev–Trinajstić information content (AvgIpc) is 2.98. The molecule has 29 heavy (non-hydrogen) atoms. The predicted molar refractivity (Wildman–Crippen MR) is 110 cm³/mol. The maximum atomic E-state index is 12.6. The van der Waals surface area contributed by atoms with Crippen molar-refractivity contribution in [2.75, 3.05) is 32.7 Å². The van der Waals surface area contributed by atoms with Crippen LogP contribution < -0.4 is 5.32 Å². The molecule has 0 aliphatic carbocycles. The molecule has 3 heterocycles. The zero-order valence-corrected chi connectivity index (χ0v) is 17.8. The molecular formula is C21H35N5O3. The monoisotopic (exact) mass is 405 g/mol. The van der Waals surface area contributed by atoms with Gasteiger partial charge in [-0.25, -0.2) is 0 Å². The van der Waals surface area contributed by atoms with Gasteiger partial charge in [0.05, 0.1) is 5.60 Å². The fourth-order valence-corrected chi connectivity index (χ4v) is 4.52. The first-order valence-electron chi connectivity index (χ1n) is 10.8. The molecule has 2 aliphatic heterocycles. The molecule has 0 unspecified atom stereocenters. The zero-order chi connectivity index (χ0) is 20.9. The van der Waals surface area contributed by atoms with Gasteiger partial charge in [0.15, 0.2) is 0 Å². The van der Waals surface area contributed by atoms with E-state index in [1.54, 1.807) is 13.1 Å². The minimum absolute atomic E-state index is 0.0262. The van der Waals surface area contributed by atoms with Crippen LogP contribution in [0, 0.1) is 6.92 Å². The lowest BCUT2D eigenvalue weighted by Crippen LogP contribution is -2.50. The lowest BCUT2D eigenvalue weighted by atomic mass is 9.93. The van der Waals surface area contributed by atoms with Crippen LogP contribution in [0.3, 0.4) is 0 Å². The van der Waals surface area contributed by atoms with E-state index in [9.17, 15) is 14.7 Å². The van der Waals surface area contributed by atoms with Crippen LogP contribution in [-0.4, -0.2) is 80.9 Å². The third kappa shape index (κ3) is 6.27. The van der Waals surface area contributed by atoms with Crippen LogP contribution in [0.1, 0.15) is 51.1 Å². The molecule has 2 aliphatic rings. The fraction of sp³-hybridized carbons (Fsp3) is 0.762. The summed E-state index contributed by atoms with van der Waals surface area (Å²) in [5.74, 6) is 0.165. The molecule has 0 spiro atoms. The van der Waals surface area contributed by atoms with Crippen molar-refractivity contribution in [1.82, 2.24) is 24.9 Å². The molecule has 3 rings (SSSR count). The van der Waals surface area contributed by atoms with Gasteiger partial charge in [0.2, 0.25) is 11.8 Å². The molecule has 0 bridgehead atoms. The van der Waals surface area contributed by atoms with E-state index < -0.39 is 5.60 Å². The van der Waals surface area contributed by atoms with Crippen molar-refractivity contribution >= 4 is 11.8 Å². The Hall–Kier alpha value is -1.93. The van der Waals surface area contributed by atoms with Gasteiger partial charge in [-0.05, 0) is 45.1 Å². The van der Waals surface area contributed by atoms with Gasteiger partial charge >= 0.3 is 0 Å². The number of carbonyl (C=O) groups is 2. The molecule has 1 aromatic rings. The molecule has 162 valence electrons. The topological polar surface area (TPSA) is 90.7 Å². The van der Waals surface area contributed by atoms with Crippen molar-refractivity contribution in [3.05, 3.63) is 18.0 Å². The average molecular weight is 406 g/mol. The number of carbonyl (C=O) groups excluding carboxylic acids is 2.